The van der Waals surface area contributed by atoms with Gasteiger partial charge in [0.2, 0.25) is 0 Å². The molecule has 1 atom stereocenters. The number of allylic oxidation sites excluding steroid dienone is 1. The number of Topliss-reactive ketones (excluding diaryl/α,β-unsaturated/α-hetero) is 1. The van der Waals surface area contributed by atoms with E-state index in [1.807, 2.05) is 26.0 Å². The Balaban J connectivity index is 1.82. The average Bonchev–Trinajstić information content (AvgIpc) is 2.78. The van der Waals surface area contributed by atoms with Gasteiger partial charge >= 0.3 is 0 Å². The largest absolute Gasteiger partial charge is 0.491 e. The minimum absolute atomic E-state index is 0.0489. The van der Waals surface area contributed by atoms with Crippen LogP contribution in [0.4, 0.5) is 11.4 Å². The molecular formula is C26H32N2O2. The standard InChI is InChI=1S/C26H32N2O2/c1-15(2)30-19-9-7-18(8-10-19)25-24-22(13-26(5,6)14-23(24)29)27-20-11-16(3)17(4)12-21(20)28-25/h7-12,15,25,27-28H,13-14H2,1-6H3/t25-/m0/s1. The van der Waals surface area contributed by atoms with Gasteiger partial charge in [-0.05, 0) is 80.5 Å². The zero-order chi connectivity index (χ0) is 21.6. The first-order valence-electron chi connectivity index (χ1n) is 10.8. The van der Waals surface area contributed by atoms with Crippen molar-refractivity contribution in [2.75, 3.05) is 10.6 Å². The lowest BCUT2D eigenvalue weighted by Gasteiger charge is -2.34. The van der Waals surface area contributed by atoms with Crippen LogP contribution in [-0.2, 0) is 4.79 Å². The molecule has 2 aromatic rings. The van der Waals surface area contributed by atoms with Crippen LogP contribution in [0.1, 0.15) is 63.3 Å². The molecule has 0 saturated carbocycles. The SMILES string of the molecule is Cc1cc2c(cc1C)N[C@@H](c1ccc(OC(C)C)cc1)C1=C(CC(C)(C)CC1=O)N2. The predicted molar refractivity (Wildman–Crippen MR) is 123 cm³/mol. The maximum absolute atomic E-state index is 13.3. The Labute approximate surface area is 179 Å². The molecule has 0 saturated heterocycles. The first-order chi connectivity index (χ1) is 14.1. The fourth-order valence-corrected chi connectivity index (χ4v) is 4.47. The third-order valence-electron chi connectivity index (χ3n) is 6.01. The van der Waals surface area contributed by atoms with Crippen LogP contribution in [0.25, 0.3) is 0 Å². The quantitative estimate of drug-likeness (QED) is 0.629. The van der Waals surface area contributed by atoms with E-state index in [0.717, 1.165) is 40.4 Å². The van der Waals surface area contributed by atoms with E-state index < -0.39 is 0 Å². The third kappa shape index (κ3) is 3.96. The molecule has 0 aromatic heterocycles. The number of carbonyl (C=O) groups excluding carboxylic acids is 1. The van der Waals surface area contributed by atoms with E-state index in [4.69, 9.17) is 4.74 Å². The lowest BCUT2D eigenvalue weighted by Crippen LogP contribution is -2.31. The van der Waals surface area contributed by atoms with Crippen molar-refractivity contribution in [3.8, 4) is 5.75 Å². The van der Waals surface area contributed by atoms with E-state index in [9.17, 15) is 4.79 Å². The number of nitrogens with one attached hydrogen (secondary N) is 2. The van der Waals surface area contributed by atoms with E-state index in [-0.39, 0.29) is 23.3 Å². The van der Waals surface area contributed by atoms with Gasteiger partial charge in [-0.2, -0.15) is 0 Å². The summed E-state index contributed by atoms with van der Waals surface area (Å²) in [7, 11) is 0. The minimum Gasteiger partial charge on any atom is -0.491 e. The van der Waals surface area contributed by atoms with E-state index in [1.165, 1.54) is 11.1 Å². The van der Waals surface area contributed by atoms with Gasteiger partial charge in [-0.1, -0.05) is 26.0 Å². The summed E-state index contributed by atoms with van der Waals surface area (Å²) < 4.78 is 5.81. The molecule has 0 bridgehead atoms. The van der Waals surface area contributed by atoms with Crippen LogP contribution < -0.4 is 15.4 Å². The Morgan fingerprint density at radius 2 is 1.63 bits per heavy atom. The smallest absolute Gasteiger partial charge is 0.163 e. The van der Waals surface area contributed by atoms with Gasteiger partial charge in [0, 0.05) is 17.7 Å². The summed E-state index contributed by atoms with van der Waals surface area (Å²) in [5, 5.41) is 7.30. The van der Waals surface area contributed by atoms with Crippen molar-refractivity contribution in [1.29, 1.82) is 0 Å². The number of aryl methyl sites for hydroxylation is 2. The highest BCUT2D eigenvalue weighted by molar-refractivity contribution is 6.01. The summed E-state index contributed by atoms with van der Waals surface area (Å²) in [6.45, 7) is 12.6. The van der Waals surface area contributed by atoms with Crippen LogP contribution in [0.15, 0.2) is 47.7 Å². The van der Waals surface area contributed by atoms with Gasteiger partial charge in [-0.15, -0.1) is 0 Å². The van der Waals surface area contributed by atoms with Gasteiger partial charge in [0.15, 0.2) is 5.78 Å². The number of fused-ring (bicyclic) bond motifs is 1. The van der Waals surface area contributed by atoms with Crippen molar-refractivity contribution in [1.82, 2.24) is 0 Å². The summed E-state index contributed by atoms with van der Waals surface area (Å²) in [6.07, 6.45) is 1.55. The van der Waals surface area contributed by atoms with Crippen LogP contribution in [0.2, 0.25) is 0 Å². The molecule has 0 radical (unpaired) electrons. The Hall–Kier alpha value is -2.75. The van der Waals surface area contributed by atoms with Gasteiger partial charge in [0.1, 0.15) is 5.75 Å². The second kappa shape index (κ2) is 7.50. The van der Waals surface area contributed by atoms with Crippen LogP contribution in [0.5, 0.6) is 5.75 Å². The Bertz CT molecular complexity index is 1020. The molecule has 1 aliphatic carbocycles. The number of hydrogen-bond acceptors (Lipinski definition) is 4. The third-order valence-corrected chi connectivity index (χ3v) is 6.01. The highest BCUT2D eigenvalue weighted by Crippen LogP contribution is 2.46. The Morgan fingerprint density at radius 3 is 2.27 bits per heavy atom. The molecule has 4 heteroatoms. The number of carbonyl (C=O) groups is 1. The lowest BCUT2D eigenvalue weighted by molar-refractivity contribution is -0.118. The topological polar surface area (TPSA) is 50.4 Å². The highest BCUT2D eigenvalue weighted by Gasteiger charge is 2.38. The highest BCUT2D eigenvalue weighted by atomic mass is 16.5. The normalized spacial score (nSPS) is 20.1. The number of hydrogen-bond donors (Lipinski definition) is 2. The van der Waals surface area contributed by atoms with Gasteiger partial charge in [-0.25, -0.2) is 0 Å². The number of benzene rings is 2. The molecule has 2 N–H and O–H groups in total. The van der Waals surface area contributed by atoms with Crippen LogP contribution in [-0.4, -0.2) is 11.9 Å². The lowest BCUT2D eigenvalue weighted by atomic mass is 9.73. The summed E-state index contributed by atoms with van der Waals surface area (Å²) >= 11 is 0. The van der Waals surface area contributed by atoms with Crippen LogP contribution in [0, 0.1) is 19.3 Å². The van der Waals surface area contributed by atoms with Gasteiger partial charge < -0.3 is 15.4 Å². The Kier molecular flexibility index (Phi) is 5.13. The van der Waals surface area contributed by atoms with Crippen LogP contribution >= 0.6 is 0 Å². The molecule has 30 heavy (non-hydrogen) atoms. The van der Waals surface area contributed by atoms with Crippen molar-refractivity contribution < 1.29 is 9.53 Å². The van der Waals surface area contributed by atoms with Crippen LogP contribution in [0.3, 0.4) is 0 Å². The molecule has 4 rings (SSSR count). The fraction of sp³-hybridized carbons (Fsp3) is 0.423. The Morgan fingerprint density at radius 1 is 1.00 bits per heavy atom. The average molecular weight is 405 g/mol. The van der Waals surface area contributed by atoms with Crippen molar-refractivity contribution in [2.24, 2.45) is 5.41 Å². The molecule has 1 heterocycles. The first-order valence-corrected chi connectivity index (χ1v) is 10.8. The summed E-state index contributed by atoms with van der Waals surface area (Å²) in [5.41, 5.74) is 7.46. The van der Waals surface area contributed by atoms with Gasteiger partial charge in [0.05, 0.1) is 23.5 Å². The zero-order valence-electron chi connectivity index (χ0n) is 18.8. The first kappa shape index (κ1) is 20.5. The monoisotopic (exact) mass is 404 g/mol. The number of ketones is 1. The molecule has 1 aliphatic heterocycles. The van der Waals surface area contributed by atoms with E-state index in [1.54, 1.807) is 0 Å². The van der Waals surface area contributed by atoms with Crippen molar-refractivity contribution >= 4 is 17.2 Å². The van der Waals surface area contributed by atoms with Crippen molar-refractivity contribution in [2.45, 2.75) is 66.5 Å². The van der Waals surface area contributed by atoms with E-state index in [2.05, 4.69) is 62.6 Å². The molecule has 2 aromatic carbocycles. The van der Waals surface area contributed by atoms with Crippen molar-refractivity contribution in [3.63, 3.8) is 0 Å². The summed E-state index contributed by atoms with van der Waals surface area (Å²) in [6, 6.07) is 12.3. The molecule has 0 unspecified atom stereocenters. The molecule has 2 aliphatic rings. The molecule has 0 spiro atoms. The number of ether oxygens (including phenoxy) is 1. The van der Waals surface area contributed by atoms with Gasteiger partial charge in [-0.3, -0.25) is 4.79 Å². The molecular weight excluding hydrogens is 372 g/mol. The molecule has 0 fully saturated rings. The second-order valence-electron chi connectivity index (χ2n) is 9.75. The molecule has 4 nitrogen and oxygen atoms in total. The van der Waals surface area contributed by atoms with Gasteiger partial charge in [0.25, 0.3) is 0 Å². The maximum atomic E-state index is 13.3. The van der Waals surface area contributed by atoms with Crippen molar-refractivity contribution in [3.05, 3.63) is 64.4 Å². The van der Waals surface area contributed by atoms with E-state index in [0.29, 0.717) is 6.42 Å². The molecule has 0 amide bonds. The zero-order valence-corrected chi connectivity index (χ0v) is 18.8. The molecule has 158 valence electrons. The predicted octanol–water partition coefficient (Wildman–Crippen LogP) is 6.31. The summed E-state index contributed by atoms with van der Waals surface area (Å²) in [5.74, 6) is 1.06. The maximum Gasteiger partial charge on any atom is 0.163 e. The number of rotatable bonds is 3. The fourth-order valence-electron chi connectivity index (χ4n) is 4.47. The minimum atomic E-state index is -0.187. The second-order valence-corrected chi connectivity index (χ2v) is 9.75. The van der Waals surface area contributed by atoms with E-state index >= 15 is 0 Å². The number of anilines is 2. The summed E-state index contributed by atoms with van der Waals surface area (Å²) in [4.78, 5) is 13.3.